The van der Waals surface area contributed by atoms with Gasteiger partial charge in [0, 0.05) is 12.6 Å². The van der Waals surface area contributed by atoms with Crippen LogP contribution in [0.3, 0.4) is 0 Å². The van der Waals surface area contributed by atoms with E-state index in [-0.39, 0.29) is 17.4 Å². The smallest absolute Gasteiger partial charge is 0.244 e. The minimum Gasteiger partial charge on any atom is -0.338 e. The number of anilines is 1. The largest absolute Gasteiger partial charge is 0.338 e. The van der Waals surface area contributed by atoms with Crippen LogP contribution in [0.25, 0.3) is 0 Å². The fraction of sp³-hybridized carbons (Fsp3) is 0.765. The highest BCUT2D eigenvalue weighted by molar-refractivity contribution is 5.93. The van der Waals surface area contributed by atoms with Gasteiger partial charge in [-0.1, -0.05) is 25.9 Å². The van der Waals surface area contributed by atoms with Crippen LogP contribution in [-0.2, 0) is 11.2 Å². The molecule has 0 aromatic carbocycles. The van der Waals surface area contributed by atoms with Crippen molar-refractivity contribution >= 4 is 11.8 Å². The molecule has 0 bridgehead atoms. The molecule has 1 aliphatic carbocycles. The molecule has 22 heavy (non-hydrogen) atoms. The first kappa shape index (κ1) is 15.5. The quantitative estimate of drug-likeness (QED) is 0.908. The van der Waals surface area contributed by atoms with Crippen molar-refractivity contribution < 1.29 is 9.32 Å². The molecule has 0 unspecified atom stereocenters. The molecule has 2 heterocycles. The summed E-state index contributed by atoms with van der Waals surface area (Å²) in [6, 6.07) is 1.85. The highest BCUT2D eigenvalue weighted by Crippen LogP contribution is 2.32. The Labute approximate surface area is 132 Å². The van der Waals surface area contributed by atoms with Gasteiger partial charge in [0.1, 0.15) is 0 Å². The number of nitrogens with one attached hydrogen (secondary N) is 1. The van der Waals surface area contributed by atoms with Crippen LogP contribution in [0.15, 0.2) is 10.6 Å². The van der Waals surface area contributed by atoms with Crippen LogP contribution in [-0.4, -0.2) is 35.1 Å². The zero-order valence-electron chi connectivity index (χ0n) is 13.9. The summed E-state index contributed by atoms with van der Waals surface area (Å²) in [6.07, 6.45) is 5.54. The van der Waals surface area contributed by atoms with E-state index in [2.05, 4.69) is 36.1 Å². The molecule has 3 rings (SSSR count). The number of amides is 1. The van der Waals surface area contributed by atoms with Gasteiger partial charge in [-0.25, -0.2) is 0 Å². The zero-order valence-corrected chi connectivity index (χ0v) is 13.9. The van der Waals surface area contributed by atoms with E-state index in [0.717, 1.165) is 44.0 Å². The van der Waals surface area contributed by atoms with Gasteiger partial charge in [-0.15, -0.1) is 0 Å². The molecule has 0 spiro atoms. The highest BCUT2D eigenvalue weighted by atomic mass is 16.5. The Morgan fingerprint density at radius 3 is 2.86 bits per heavy atom. The topological polar surface area (TPSA) is 58.4 Å². The normalized spacial score (nSPS) is 23.0. The first-order chi connectivity index (χ1) is 10.4. The maximum absolute atomic E-state index is 12.5. The van der Waals surface area contributed by atoms with Gasteiger partial charge in [-0.3, -0.25) is 15.0 Å². The zero-order chi connectivity index (χ0) is 15.7. The lowest BCUT2D eigenvalue weighted by Crippen LogP contribution is -2.40. The molecule has 1 aliphatic heterocycles. The third-order valence-electron chi connectivity index (χ3n) is 4.37. The van der Waals surface area contributed by atoms with E-state index in [1.54, 1.807) is 0 Å². The van der Waals surface area contributed by atoms with Crippen LogP contribution in [0, 0.1) is 11.3 Å². The van der Waals surface area contributed by atoms with Crippen molar-refractivity contribution in [1.29, 1.82) is 0 Å². The Bertz CT molecular complexity index is 528. The lowest BCUT2D eigenvalue weighted by molar-refractivity contribution is -0.120. The van der Waals surface area contributed by atoms with Crippen molar-refractivity contribution in [3.63, 3.8) is 0 Å². The Morgan fingerprint density at radius 1 is 1.41 bits per heavy atom. The molecule has 2 aliphatic rings. The molecular weight excluding hydrogens is 278 g/mol. The molecule has 0 radical (unpaired) electrons. The van der Waals surface area contributed by atoms with Crippen molar-refractivity contribution in [1.82, 2.24) is 10.1 Å². The molecule has 1 atom stereocenters. The Kier molecular flexibility index (Phi) is 4.26. The van der Waals surface area contributed by atoms with Gasteiger partial charge in [0.25, 0.3) is 0 Å². The molecule has 5 nitrogen and oxygen atoms in total. The maximum Gasteiger partial charge on any atom is 0.244 e. The third kappa shape index (κ3) is 4.09. The number of nitrogens with zero attached hydrogens (tertiary/aromatic N) is 2. The summed E-state index contributed by atoms with van der Waals surface area (Å²) in [5.74, 6) is 1.34. The van der Waals surface area contributed by atoms with Crippen molar-refractivity contribution in [3.8, 4) is 0 Å². The molecule has 5 heteroatoms. The number of hydrogen-bond donors (Lipinski definition) is 1. The summed E-state index contributed by atoms with van der Waals surface area (Å²) in [6.45, 7) is 8.60. The van der Waals surface area contributed by atoms with Crippen LogP contribution < -0.4 is 5.32 Å². The van der Waals surface area contributed by atoms with E-state index >= 15 is 0 Å². The average Bonchev–Trinajstić information content (AvgIpc) is 2.92. The number of rotatable bonds is 5. The van der Waals surface area contributed by atoms with Gasteiger partial charge >= 0.3 is 0 Å². The summed E-state index contributed by atoms with van der Waals surface area (Å²) in [4.78, 5) is 14.8. The van der Waals surface area contributed by atoms with E-state index in [0.29, 0.717) is 5.88 Å². The molecule has 1 N–H and O–H groups in total. The molecule has 1 amide bonds. The predicted octanol–water partition coefficient (Wildman–Crippen LogP) is 3.08. The fourth-order valence-electron chi connectivity index (χ4n) is 3.18. The first-order valence-corrected chi connectivity index (χ1v) is 8.41. The lowest BCUT2D eigenvalue weighted by atomic mass is 9.91. The van der Waals surface area contributed by atoms with E-state index in [4.69, 9.17) is 4.52 Å². The van der Waals surface area contributed by atoms with Gasteiger partial charge in [-0.05, 0) is 50.0 Å². The highest BCUT2D eigenvalue weighted by Gasteiger charge is 2.35. The maximum atomic E-state index is 12.5. The second kappa shape index (κ2) is 6.03. The van der Waals surface area contributed by atoms with Crippen LogP contribution >= 0.6 is 0 Å². The standard InChI is InChI=1S/C17H27N3O2/c1-17(2,3)10-13-9-15(22-19-13)18-16(21)14-5-4-8-20(14)11-12-6-7-12/h9,12,14H,4-8,10-11H2,1-3H3,(H,18,21)/t14-/m0/s1. The van der Waals surface area contributed by atoms with E-state index in [1.165, 1.54) is 12.8 Å². The van der Waals surface area contributed by atoms with Crippen LogP contribution in [0.5, 0.6) is 0 Å². The summed E-state index contributed by atoms with van der Waals surface area (Å²) < 4.78 is 5.27. The summed E-state index contributed by atoms with van der Waals surface area (Å²) in [5.41, 5.74) is 1.05. The summed E-state index contributed by atoms with van der Waals surface area (Å²) >= 11 is 0. The number of carbonyl (C=O) groups is 1. The second-order valence-electron chi connectivity index (χ2n) is 8.01. The summed E-state index contributed by atoms with van der Waals surface area (Å²) in [7, 11) is 0. The molecule has 1 aromatic rings. The van der Waals surface area contributed by atoms with Crippen molar-refractivity contribution in [2.24, 2.45) is 11.3 Å². The van der Waals surface area contributed by atoms with Crippen molar-refractivity contribution in [2.45, 2.75) is 58.9 Å². The average molecular weight is 305 g/mol. The Balaban J connectivity index is 1.56. The van der Waals surface area contributed by atoms with E-state index in [9.17, 15) is 4.79 Å². The lowest BCUT2D eigenvalue weighted by Gasteiger charge is -2.22. The predicted molar refractivity (Wildman–Crippen MR) is 85.6 cm³/mol. The SMILES string of the molecule is CC(C)(C)Cc1cc(NC(=O)[C@@H]2CCCN2CC2CC2)on1. The van der Waals surface area contributed by atoms with Gasteiger partial charge in [0.15, 0.2) is 0 Å². The van der Waals surface area contributed by atoms with Crippen LogP contribution in [0.4, 0.5) is 5.88 Å². The van der Waals surface area contributed by atoms with Gasteiger partial charge in [0.2, 0.25) is 11.8 Å². The monoisotopic (exact) mass is 305 g/mol. The van der Waals surface area contributed by atoms with Crippen LogP contribution in [0.2, 0.25) is 0 Å². The molecule has 1 saturated heterocycles. The molecule has 1 saturated carbocycles. The number of hydrogen-bond acceptors (Lipinski definition) is 4. The number of carbonyl (C=O) groups excluding carboxylic acids is 1. The summed E-state index contributed by atoms with van der Waals surface area (Å²) in [5, 5.41) is 6.96. The Hall–Kier alpha value is -1.36. The van der Waals surface area contributed by atoms with Crippen molar-refractivity contribution in [2.75, 3.05) is 18.4 Å². The fourth-order valence-corrected chi connectivity index (χ4v) is 3.18. The minimum absolute atomic E-state index is 0.00299. The van der Waals surface area contributed by atoms with Crippen LogP contribution in [0.1, 0.15) is 52.1 Å². The van der Waals surface area contributed by atoms with Gasteiger partial charge < -0.3 is 4.52 Å². The second-order valence-corrected chi connectivity index (χ2v) is 8.01. The van der Waals surface area contributed by atoms with E-state index < -0.39 is 0 Å². The molecule has 122 valence electrons. The number of likely N-dealkylation sites (tertiary alicyclic amines) is 1. The van der Waals surface area contributed by atoms with Crippen molar-refractivity contribution in [3.05, 3.63) is 11.8 Å². The molecule has 2 fully saturated rings. The van der Waals surface area contributed by atoms with Gasteiger partial charge in [-0.2, -0.15) is 0 Å². The number of aromatic nitrogens is 1. The van der Waals surface area contributed by atoms with Gasteiger partial charge in [0.05, 0.1) is 11.7 Å². The minimum atomic E-state index is -0.00299. The van der Waals surface area contributed by atoms with E-state index in [1.807, 2.05) is 6.07 Å². The molecular formula is C17H27N3O2. The third-order valence-corrected chi connectivity index (χ3v) is 4.37. The molecule has 1 aromatic heterocycles. The first-order valence-electron chi connectivity index (χ1n) is 8.41. The Morgan fingerprint density at radius 2 is 2.18 bits per heavy atom.